The number of rotatable bonds is 10. The Morgan fingerprint density at radius 3 is 2.72 bits per heavy atom. The molecule has 1 heterocycles. The van der Waals surface area contributed by atoms with Gasteiger partial charge in [-0.1, -0.05) is 37.2 Å². The van der Waals surface area contributed by atoms with E-state index in [1.165, 1.54) is 18.4 Å². The van der Waals surface area contributed by atoms with E-state index in [1.807, 2.05) is 29.0 Å². The van der Waals surface area contributed by atoms with Crippen LogP contribution in [0.2, 0.25) is 0 Å². The summed E-state index contributed by atoms with van der Waals surface area (Å²) in [5, 5.41) is 0. The first-order chi connectivity index (χ1) is 15.6. The zero-order valence-corrected chi connectivity index (χ0v) is 20.3. The number of nitrogens with zero attached hydrogens (tertiary/aromatic N) is 2. The zero-order chi connectivity index (χ0) is 22.9. The largest absolute Gasteiger partial charge is 0.494 e. The summed E-state index contributed by atoms with van der Waals surface area (Å²) in [5.74, 6) is 0.854. The lowest BCUT2D eigenvalue weighted by Crippen LogP contribution is -2.18. The van der Waals surface area contributed by atoms with E-state index in [9.17, 15) is 9.59 Å². The molecule has 3 rings (SSSR count). The first-order valence-corrected chi connectivity index (χ1v) is 12.8. The molecule has 0 aliphatic carbocycles. The number of thioether (sulfide) groups is 1. The van der Waals surface area contributed by atoms with Crippen LogP contribution < -0.4 is 9.54 Å². The molecule has 0 fully saturated rings. The molecule has 6 nitrogen and oxygen atoms in total. The van der Waals surface area contributed by atoms with Crippen LogP contribution in [0.25, 0.3) is 10.2 Å². The van der Waals surface area contributed by atoms with E-state index < -0.39 is 0 Å². The lowest BCUT2D eigenvalue weighted by atomic mass is 10.2. The van der Waals surface area contributed by atoms with Crippen LogP contribution >= 0.6 is 23.1 Å². The molecule has 32 heavy (non-hydrogen) atoms. The van der Waals surface area contributed by atoms with Crippen LogP contribution in [0.15, 0.2) is 47.5 Å². The average Bonchev–Trinajstić information content (AvgIpc) is 3.16. The van der Waals surface area contributed by atoms with Crippen LogP contribution in [0, 0.1) is 0 Å². The molecule has 2 aromatic carbocycles. The van der Waals surface area contributed by atoms with Crippen molar-refractivity contribution >= 4 is 45.2 Å². The Hall–Kier alpha value is -2.58. The fraction of sp³-hybridized carbons (Fsp3) is 0.375. The fourth-order valence-corrected chi connectivity index (χ4v) is 4.67. The molecule has 0 radical (unpaired) electrons. The van der Waals surface area contributed by atoms with Crippen molar-refractivity contribution < 1.29 is 19.1 Å². The first kappa shape index (κ1) is 24.1. The Balaban J connectivity index is 1.93. The van der Waals surface area contributed by atoms with Gasteiger partial charge in [0, 0.05) is 17.9 Å². The first-order valence-electron chi connectivity index (χ1n) is 10.6. The molecule has 0 aliphatic rings. The van der Waals surface area contributed by atoms with Gasteiger partial charge in [-0.25, -0.2) is 4.79 Å². The van der Waals surface area contributed by atoms with Crippen LogP contribution in [-0.2, 0) is 11.3 Å². The smallest absolute Gasteiger partial charge is 0.337 e. The molecule has 170 valence electrons. The van der Waals surface area contributed by atoms with E-state index in [0.717, 1.165) is 35.2 Å². The number of unbranched alkanes of at least 4 members (excludes halogenated alkanes) is 2. The number of fused-ring (bicyclic) bond motifs is 1. The van der Waals surface area contributed by atoms with Gasteiger partial charge >= 0.3 is 5.97 Å². The van der Waals surface area contributed by atoms with Gasteiger partial charge in [-0.15, -0.1) is 0 Å². The molecular weight excluding hydrogens is 444 g/mol. The Morgan fingerprint density at radius 1 is 1.12 bits per heavy atom. The topological polar surface area (TPSA) is 69.9 Å². The van der Waals surface area contributed by atoms with Crippen molar-refractivity contribution in [2.24, 2.45) is 4.99 Å². The number of aromatic nitrogens is 1. The highest BCUT2D eigenvalue weighted by molar-refractivity contribution is 7.98. The highest BCUT2D eigenvalue weighted by Crippen LogP contribution is 2.21. The summed E-state index contributed by atoms with van der Waals surface area (Å²) in [4.78, 5) is 29.9. The van der Waals surface area contributed by atoms with Crippen LogP contribution in [0.4, 0.5) is 0 Å². The lowest BCUT2D eigenvalue weighted by Gasteiger charge is -2.06. The molecule has 1 amide bonds. The third-order valence-electron chi connectivity index (χ3n) is 4.92. The lowest BCUT2D eigenvalue weighted by molar-refractivity contribution is 0.0600. The number of carbonyl (C=O) groups is 2. The van der Waals surface area contributed by atoms with E-state index >= 15 is 0 Å². The quantitative estimate of drug-likeness (QED) is 0.301. The van der Waals surface area contributed by atoms with E-state index in [4.69, 9.17) is 9.47 Å². The number of amides is 1. The minimum atomic E-state index is -0.388. The van der Waals surface area contributed by atoms with Crippen molar-refractivity contribution in [2.45, 2.75) is 32.7 Å². The van der Waals surface area contributed by atoms with Crippen molar-refractivity contribution in [3.63, 3.8) is 0 Å². The zero-order valence-electron chi connectivity index (χ0n) is 18.6. The van der Waals surface area contributed by atoms with Crippen molar-refractivity contribution in [1.82, 2.24) is 4.57 Å². The van der Waals surface area contributed by atoms with Crippen molar-refractivity contribution in [2.75, 3.05) is 25.7 Å². The highest BCUT2D eigenvalue weighted by Gasteiger charge is 2.13. The molecular formula is C24H28N2O4S2. The van der Waals surface area contributed by atoms with Gasteiger partial charge < -0.3 is 14.0 Å². The number of hydrogen-bond donors (Lipinski definition) is 0. The normalized spacial score (nSPS) is 11.7. The molecule has 0 saturated heterocycles. The second-order valence-corrected chi connectivity index (χ2v) is 9.20. The van der Waals surface area contributed by atoms with Crippen molar-refractivity contribution in [3.05, 3.63) is 58.4 Å². The minimum Gasteiger partial charge on any atom is -0.494 e. The number of ether oxygens (including phenoxy) is 2. The predicted molar refractivity (Wildman–Crippen MR) is 131 cm³/mol. The summed E-state index contributed by atoms with van der Waals surface area (Å²) in [7, 11) is 1.36. The van der Waals surface area contributed by atoms with Gasteiger partial charge in [0.2, 0.25) is 0 Å². The number of esters is 1. The minimum absolute atomic E-state index is 0.318. The van der Waals surface area contributed by atoms with Crippen LogP contribution in [0.3, 0.4) is 0 Å². The van der Waals surface area contributed by atoms with E-state index in [0.29, 0.717) is 34.8 Å². The number of aryl methyl sites for hydroxylation is 1. The van der Waals surface area contributed by atoms with Crippen molar-refractivity contribution in [1.29, 1.82) is 0 Å². The van der Waals surface area contributed by atoms with E-state index in [-0.39, 0.29) is 11.9 Å². The van der Waals surface area contributed by atoms with Gasteiger partial charge in [0.25, 0.3) is 5.91 Å². The third-order valence-corrected chi connectivity index (χ3v) is 6.55. The van der Waals surface area contributed by atoms with Gasteiger partial charge in [-0.3, -0.25) is 4.79 Å². The summed E-state index contributed by atoms with van der Waals surface area (Å²) in [5.41, 5.74) is 1.91. The van der Waals surface area contributed by atoms with Gasteiger partial charge in [0.05, 0.1) is 29.5 Å². The summed E-state index contributed by atoms with van der Waals surface area (Å²) in [6, 6.07) is 12.6. The number of hydrogen-bond acceptors (Lipinski definition) is 6. The van der Waals surface area contributed by atoms with Gasteiger partial charge in [0.15, 0.2) is 4.80 Å². The monoisotopic (exact) mass is 472 g/mol. The molecule has 0 aliphatic heterocycles. The molecule has 3 aromatic rings. The van der Waals surface area contributed by atoms with E-state index in [1.54, 1.807) is 36.0 Å². The van der Waals surface area contributed by atoms with E-state index in [2.05, 4.69) is 11.9 Å². The molecule has 0 saturated carbocycles. The molecule has 8 heteroatoms. The number of thiazole rings is 1. The van der Waals surface area contributed by atoms with Crippen LogP contribution in [0.5, 0.6) is 5.75 Å². The maximum atomic E-state index is 13.0. The van der Waals surface area contributed by atoms with Crippen molar-refractivity contribution in [3.8, 4) is 5.75 Å². The molecule has 1 aromatic heterocycles. The average molecular weight is 473 g/mol. The molecule has 0 bridgehead atoms. The second-order valence-electron chi connectivity index (χ2n) is 7.20. The predicted octanol–water partition coefficient (Wildman–Crippen LogP) is 5.16. The SMILES string of the molecule is CCCCCOc1cccc(C(=O)N=c2sc3cc(C(=O)OC)ccc3n2CCSC)c1. The third kappa shape index (κ3) is 6.01. The Labute approximate surface area is 196 Å². The fourth-order valence-electron chi connectivity index (χ4n) is 3.21. The Morgan fingerprint density at radius 2 is 1.97 bits per heavy atom. The maximum absolute atomic E-state index is 13.0. The van der Waals surface area contributed by atoms with Crippen LogP contribution in [-0.4, -0.2) is 42.2 Å². The van der Waals surface area contributed by atoms with Gasteiger partial charge in [-0.2, -0.15) is 16.8 Å². The summed E-state index contributed by atoms with van der Waals surface area (Å²) in [6.45, 7) is 3.50. The molecule has 0 atom stereocenters. The standard InChI is InChI=1S/C24H28N2O4S2/c1-4-5-6-13-30-19-9-7-8-17(15-19)22(27)25-24-26(12-14-31-3)20-11-10-18(23(28)29-2)16-21(20)32-24/h7-11,15-16H,4-6,12-14H2,1-3H3. The summed E-state index contributed by atoms with van der Waals surface area (Å²) >= 11 is 3.11. The number of carbonyl (C=O) groups excluding carboxylic acids is 2. The second kappa shape index (κ2) is 11.9. The number of methoxy groups -OCH3 is 1. The Kier molecular flexibility index (Phi) is 8.93. The Bertz CT molecular complexity index is 1150. The van der Waals surface area contributed by atoms with Crippen LogP contribution in [0.1, 0.15) is 46.9 Å². The molecule has 0 unspecified atom stereocenters. The number of benzene rings is 2. The summed E-state index contributed by atoms with van der Waals surface area (Å²) in [6.07, 6.45) is 5.28. The molecule has 0 N–H and O–H groups in total. The maximum Gasteiger partial charge on any atom is 0.337 e. The highest BCUT2D eigenvalue weighted by atomic mass is 32.2. The van der Waals surface area contributed by atoms with Gasteiger partial charge in [-0.05, 0) is 49.1 Å². The van der Waals surface area contributed by atoms with Gasteiger partial charge in [0.1, 0.15) is 5.75 Å². The molecule has 0 spiro atoms. The summed E-state index contributed by atoms with van der Waals surface area (Å²) < 4.78 is 13.5.